The van der Waals surface area contributed by atoms with Gasteiger partial charge in [-0.05, 0) is 0 Å². The topological polar surface area (TPSA) is 277 Å². The number of aromatic amines is 1. The molecule has 2 saturated heterocycles. The zero-order valence-electron chi connectivity index (χ0n) is 16.8. The fourth-order valence-electron chi connectivity index (χ4n) is 3.07. The van der Waals surface area contributed by atoms with Crippen LogP contribution in [-0.4, -0.2) is 101 Å². The summed E-state index contributed by atoms with van der Waals surface area (Å²) < 4.78 is 47.7. The average molecular weight is 536 g/mol. The molecule has 2 fully saturated rings. The molecule has 0 radical (unpaired) electrons. The fraction of sp³-hybridized carbons (Fsp3) is 0.714. The molecule has 0 aliphatic carbocycles. The van der Waals surface area contributed by atoms with Gasteiger partial charge in [-0.2, -0.15) is 4.31 Å². The maximum atomic E-state index is 12.1. The second kappa shape index (κ2) is 10.3. The first kappa shape index (κ1) is 27.3. The third-order valence-corrected chi connectivity index (χ3v) is 7.36. The van der Waals surface area contributed by atoms with Gasteiger partial charge in [0.05, 0.1) is 13.2 Å². The van der Waals surface area contributed by atoms with Crippen LogP contribution in [0.15, 0.2) is 21.9 Å². The molecule has 10 atom stereocenters. The molecule has 194 valence electrons. The van der Waals surface area contributed by atoms with Gasteiger partial charge in [0.1, 0.15) is 36.6 Å². The van der Waals surface area contributed by atoms with Crippen molar-refractivity contribution in [3.63, 3.8) is 0 Å². The first-order valence-corrected chi connectivity index (χ1v) is 12.4. The van der Waals surface area contributed by atoms with Gasteiger partial charge in [-0.15, -0.1) is 0 Å². The lowest BCUT2D eigenvalue weighted by Gasteiger charge is -2.35. The Bertz CT molecular complexity index is 1080. The maximum absolute atomic E-state index is 12.1. The third kappa shape index (κ3) is 6.26. The molecule has 0 spiro atoms. The summed E-state index contributed by atoms with van der Waals surface area (Å²) in [5.41, 5.74) is -1.72. The molecular weight excluding hydrogens is 514 g/mol. The van der Waals surface area contributed by atoms with Crippen molar-refractivity contribution >= 4 is 15.6 Å². The monoisotopic (exact) mass is 536 g/mol. The zero-order valence-corrected chi connectivity index (χ0v) is 18.6. The number of phosphoric acid groups is 2. The molecule has 0 amide bonds. The molecule has 2 aliphatic heterocycles. The van der Waals surface area contributed by atoms with Gasteiger partial charge in [-0.25, -0.2) is 13.9 Å². The number of rotatable bonds is 8. The minimum atomic E-state index is -5.47. The van der Waals surface area contributed by atoms with Crippen molar-refractivity contribution in [3.8, 4) is 0 Å². The lowest BCUT2D eigenvalue weighted by molar-refractivity contribution is -0.245. The van der Waals surface area contributed by atoms with Gasteiger partial charge in [0.2, 0.25) is 0 Å². The molecule has 3 heterocycles. The number of hydrogen-bond donors (Lipinski definition) is 8. The van der Waals surface area contributed by atoms with Gasteiger partial charge in [0.15, 0.2) is 12.5 Å². The molecule has 1 aromatic rings. The molecule has 0 saturated carbocycles. The first-order chi connectivity index (χ1) is 15.7. The second-order valence-electron chi connectivity index (χ2n) is 7.23. The molecule has 0 bridgehead atoms. The van der Waals surface area contributed by atoms with Gasteiger partial charge in [0, 0.05) is 12.3 Å². The van der Waals surface area contributed by atoms with Crippen molar-refractivity contribution in [2.24, 2.45) is 0 Å². The highest BCUT2D eigenvalue weighted by molar-refractivity contribution is 7.61. The minimum Gasteiger partial charge on any atom is -0.388 e. The van der Waals surface area contributed by atoms with Crippen LogP contribution in [0.2, 0.25) is 0 Å². The first-order valence-electron chi connectivity index (χ1n) is 9.39. The SMILES string of the molecule is O=c1ccn([C@@H]2O[C@H](COP(=O)(O)OP(=O)(O)O[C@H]3OC[C@H](O)[C@H](O)[C@H]3O)[C@@H](O)[C@H]2O)c(=O)[nH]1. The van der Waals surface area contributed by atoms with Gasteiger partial charge in [-0.3, -0.25) is 23.4 Å². The summed E-state index contributed by atoms with van der Waals surface area (Å²) >= 11 is 0. The number of ether oxygens (including phenoxy) is 2. The Kier molecular flexibility index (Phi) is 8.28. The van der Waals surface area contributed by atoms with Crippen LogP contribution in [-0.2, 0) is 32.0 Å². The van der Waals surface area contributed by atoms with E-state index in [0.717, 1.165) is 16.8 Å². The predicted octanol–water partition coefficient (Wildman–Crippen LogP) is -4.15. The van der Waals surface area contributed by atoms with Crippen LogP contribution < -0.4 is 11.2 Å². The van der Waals surface area contributed by atoms with Crippen molar-refractivity contribution in [2.45, 2.75) is 49.1 Å². The molecule has 2 aliphatic rings. The molecule has 34 heavy (non-hydrogen) atoms. The number of aliphatic hydroxyl groups is 5. The molecule has 0 aromatic carbocycles. The van der Waals surface area contributed by atoms with E-state index in [0.29, 0.717) is 0 Å². The smallest absolute Gasteiger partial charge is 0.388 e. The summed E-state index contributed by atoms with van der Waals surface area (Å²) in [7, 11) is -10.9. The highest BCUT2D eigenvalue weighted by Crippen LogP contribution is 2.61. The highest BCUT2D eigenvalue weighted by Gasteiger charge is 2.47. The van der Waals surface area contributed by atoms with E-state index in [1.54, 1.807) is 0 Å². The number of H-pyrrole nitrogens is 1. The second-order valence-corrected chi connectivity index (χ2v) is 10.2. The standard InChI is InChI=1S/C14H22N2O16P2/c17-5-3-28-13(11(22)8(5)19)31-34(26,27)32-33(24,25)29-4-6-9(20)10(21)12(30-6)16-2-1-7(18)15-14(16)23/h1-2,5-6,8-13,17,19-22H,3-4H2,(H,24,25)(H,26,27)(H,15,18,23)/t5-,6+,8-,9+,10+,11+,12+,13+/m0/s1. The van der Waals surface area contributed by atoms with Crippen molar-refractivity contribution in [1.82, 2.24) is 9.55 Å². The van der Waals surface area contributed by atoms with Gasteiger partial charge in [0.25, 0.3) is 5.56 Å². The molecular formula is C14H22N2O16P2. The predicted molar refractivity (Wildman–Crippen MR) is 103 cm³/mol. The van der Waals surface area contributed by atoms with E-state index in [4.69, 9.17) is 9.47 Å². The lowest BCUT2D eigenvalue weighted by atomic mass is 10.1. The highest BCUT2D eigenvalue weighted by atomic mass is 31.3. The van der Waals surface area contributed by atoms with Crippen molar-refractivity contribution in [1.29, 1.82) is 0 Å². The maximum Gasteiger partial charge on any atom is 0.483 e. The van der Waals surface area contributed by atoms with Crippen LogP contribution in [0.5, 0.6) is 0 Å². The van der Waals surface area contributed by atoms with Crippen molar-refractivity contribution < 1.29 is 67.3 Å². The minimum absolute atomic E-state index is 0.602. The Hall–Kier alpha value is -1.34. The normalized spacial score (nSPS) is 37.7. The lowest BCUT2D eigenvalue weighted by Crippen LogP contribution is -2.53. The quantitative estimate of drug-likeness (QED) is 0.146. The van der Waals surface area contributed by atoms with E-state index < -0.39 is 89.2 Å². The number of aliphatic hydroxyl groups excluding tert-OH is 5. The zero-order chi connectivity index (χ0) is 25.4. The van der Waals surface area contributed by atoms with Gasteiger partial charge >= 0.3 is 21.3 Å². The summed E-state index contributed by atoms with van der Waals surface area (Å²) in [6.07, 6.45) is -13.0. The number of nitrogens with one attached hydrogen (secondary N) is 1. The number of aromatic nitrogens is 2. The molecule has 20 heteroatoms. The van der Waals surface area contributed by atoms with E-state index in [-0.39, 0.29) is 0 Å². The van der Waals surface area contributed by atoms with Crippen LogP contribution in [0.1, 0.15) is 6.23 Å². The molecule has 1 aromatic heterocycles. The van der Waals surface area contributed by atoms with E-state index >= 15 is 0 Å². The average Bonchev–Trinajstić information content (AvgIpc) is 3.00. The summed E-state index contributed by atoms with van der Waals surface area (Å²) in [6.45, 7) is -1.59. The summed E-state index contributed by atoms with van der Waals surface area (Å²) in [6, 6.07) is 0.939. The summed E-state index contributed by atoms with van der Waals surface area (Å²) in [5.74, 6) is 0. The number of phosphoric ester groups is 2. The summed E-state index contributed by atoms with van der Waals surface area (Å²) in [5, 5.41) is 48.8. The summed E-state index contributed by atoms with van der Waals surface area (Å²) in [4.78, 5) is 44.3. The largest absolute Gasteiger partial charge is 0.483 e. The molecule has 8 N–H and O–H groups in total. The van der Waals surface area contributed by atoms with Crippen LogP contribution in [0.25, 0.3) is 0 Å². The molecule has 3 rings (SSSR count). The van der Waals surface area contributed by atoms with Crippen LogP contribution in [0, 0.1) is 0 Å². The number of hydrogen-bond acceptors (Lipinski definition) is 14. The van der Waals surface area contributed by atoms with Gasteiger partial charge < -0.3 is 44.8 Å². The van der Waals surface area contributed by atoms with E-state index in [1.807, 2.05) is 4.98 Å². The van der Waals surface area contributed by atoms with Crippen molar-refractivity contribution in [2.75, 3.05) is 13.2 Å². The van der Waals surface area contributed by atoms with E-state index in [1.165, 1.54) is 0 Å². The van der Waals surface area contributed by atoms with Crippen molar-refractivity contribution in [3.05, 3.63) is 33.1 Å². The van der Waals surface area contributed by atoms with Crippen LogP contribution >= 0.6 is 15.6 Å². The van der Waals surface area contributed by atoms with Gasteiger partial charge in [-0.1, -0.05) is 0 Å². The van der Waals surface area contributed by atoms with Crippen LogP contribution in [0.3, 0.4) is 0 Å². The Labute approximate surface area is 188 Å². The Balaban J connectivity index is 1.59. The fourth-order valence-corrected chi connectivity index (χ4v) is 5.24. The Morgan fingerprint density at radius 3 is 2.35 bits per heavy atom. The molecule has 18 nitrogen and oxygen atoms in total. The van der Waals surface area contributed by atoms with E-state index in [9.17, 15) is 54.0 Å². The van der Waals surface area contributed by atoms with E-state index in [2.05, 4.69) is 13.4 Å². The van der Waals surface area contributed by atoms with Crippen LogP contribution in [0.4, 0.5) is 0 Å². The third-order valence-electron chi connectivity index (χ3n) is 4.76. The molecule has 2 unspecified atom stereocenters. The Morgan fingerprint density at radius 1 is 1.03 bits per heavy atom. The number of nitrogens with zero attached hydrogens (tertiary/aromatic N) is 1. The Morgan fingerprint density at radius 2 is 1.71 bits per heavy atom.